The van der Waals surface area contributed by atoms with Crippen LogP contribution in [0.1, 0.15) is 296 Å². The first kappa shape index (κ1) is 73.9. The number of phosphoric acid groups is 1. The Kier molecular flexibility index (Phi) is 56.1. The molecule has 2 N–H and O–H groups in total. The number of allylic oxidation sites excluding steroid dienone is 12. The van der Waals surface area contributed by atoms with Gasteiger partial charge in [-0.1, -0.05) is 299 Å². The molecule has 0 aliphatic rings. The largest absolute Gasteiger partial charge is 0.756 e. The van der Waals surface area contributed by atoms with Crippen molar-refractivity contribution < 1.29 is 32.9 Å². The molecular formula is C67H125N2O6P. The molecule has 76 heavy (non-hydrogen) atoms. The molecule has 0 saturated heterocycles. The van der Waals surface area contributed by atoms with Crippen molar-refractivity contribution in [2.45, 2.75) is 309 Å². The molecule has 0 heterocycles. The van der Waals surface area contributed by atoms with E-state index in [1.54, 1.807) is 0 Å². The standard InChI is InChI=1S/C67H125N2O6P/c1-6-8-10-12-14-16-18-20-22-24-26-28-30-31-32-33-34-35-36-37-39-40-42-44-46-48-50-52-54-56-58-60-66(70)65(64-75-76(72,73)74-63-62-69(3,4)5)68-67(71)61-59-57-55-53-51-49-47-45-43-41-38-29-27-25-23-21-19-17-15-13-11-9-7-2/h9,11,15,17,21,23,27,29,41,43,47,49,65-66,70H,6-8,10,12-14,16,18-20,22,24-26,28,30-40,42,44-46,48,50-64H2,1-5H3,(H-,68,71,72,73)/b11-9-,17-15-,23-21-,29-27-,43-41-,49-47-. The zero-order chi connectivity index (χ0) is 55.6. The molecule has 0 aliphatic carbocycles. The molecule has 0 saturated carbocycles. The summed E-state index contributed by atoms with van der Waals surface area (Å²) in [7, 11) is 1.28. The van der Waals surface area contributed by atoms with Crippen molar-refractivity contribution >= 4 is 13.7 Å². The highest BCUT2D eigenvalue weighted by atomic mass is 31.2. The Morgan fingerprint density at radius 1 is 0.474 bits per heavy atom. The van der Waals surface area contributed by atoms with Gasteiger partial charge in [0.15, 0.2) is 0 Å². The van der Waals surface area contributed by atoms with Crippen LogP contribution in [0.3, 0.4) is 0 Å². The minimum atomic E-state index is -4.59. The molecule has 0 spiro atoms. The van der Waals surface area contributed by atoms with Gasteiger partial charge in [-0.2, -0.15) is 0 Å². The summed E-state index contributed by atoms with van der Waals surface area (Å²) in [6.07, 6.45) is 79.6. The van der Waals surface area contributed by atoms with Gasteiger partial charge in [0, 0.05) is 6.42 Å². The van der Waals surface area contributed by atoms with Gasteiger partial charge < -0.3 is 28.8 Å². The quantitative estimate of drug-likeness (QED) is 0.0272. The lowest BCUT2D eigenvalue weighted by Gasteiger charge is -2.30. The number of nitrogens with one attached hydrogen (secondary N) is 1. The van der Waals surface area contributed by atoms with Crippen LogP contribution < -0.4 is 10.2 Å². The van der Waals surface area contributed by atoms with Crippen LogP contribution in [0.25, 0.3) is 0 Å². The van der Waals surface area contributed by atoms with Gasteiger partial charge in [-0.15, -0.1) is 0 Å². The molecule has 0 aromatic rings. The molecule has 0 radical (unpaired) electrons. The van der Waals surface area contributed by atoms with Crippen molar-refractivity contribution in [3.8, 4) is 0 Å². The van der Waals surface area contributed by atoms with Gasteiger partial charge in [-0.25, -0.2) is 0 Å². The first-order valence-electron chi connectivity index (χ1n) is 32.3. The number of rotatable bonds is 59. The summed E-state index contributed by atoms with van der Waals surface area (Å²) < 4.78 is 23.5. The Labute approximate surface area is 472 Å². The van der Waals surface area contributed by atoms with E-state index in [1.165, 1.54) is 180 Å². The molecule has 0 aromatic carbocycles. The predicted molar refractivity (Wildman–Crippen MR) is 330 cm³/mol. The van der Waals surface area contributed by atoms with E-state index >= 15 is 0 Å². The van der Waals surface area contributed by atoms with Gasteiger partial charge in [0.05, 0.1) is 39.9 Å². The van der Waals surface area contributed by atoms with E-state index < -0.39 is 20.0 Å². The molecule has 0 aromatic heterocycles. The van der Waals surface area contributed by atoms with Gasteiger partial charge in [-0.3, -0.25) is 9.36 Å². The van der Waals surface area contributed by atoms with E-state index in [4.69, 9.17) is 9.05 Å². The van der Waals surface area contributed by atoms with Crippen LogP contribution in [0.2, 0.25) is 0 Å². The fraction of sp³-hybridized carbons (Fsp3) is 0.806. The van der Waals surface area contributed by atoms with E-state index in [2.05, 4.69) is 92.1 Å². The number of carbonyl (C=O) groups excluding carboxylic acids is 1. The van der Waals surface area contributed by atoms with E-state index in [0.29, 0.717) is 23.9 Å². The first-order valence-corrected chi connectivity index (χ1v) is 33.7. The van der Waals surface area contributed by atoms with Crippen LogP contribution in [0.4, 0.5) is 0 Å². The van der Waals surface area contributed by atoms with Crippen molar-refractivity contribution in [1.29, 1.82) is 0 Å². The molecule has 1 amide bonds. The number of aliphatic hydroxyl groups is 1. The zero-order valence-electron chi connectivity index (χ0n) is 50.7. The molecular weight excluding hydrogens is 960 g/mol. The molecule has 0 fully saturated rings. The van der Waals surface area contributed by atoms with Crippen molar-refractivity contribution in [3.05, 3.63) is 72.9 Å². The predicted octanol–water partition coefficient (Wildman–Crippen LogP) is 19.6. The Bertz CT molecular complexity index is 1470. The van der Waals surface area contributed by atoms with Crippen molar-refractivity contribution in [1.82, 2.24) is 5.32 Å². The molecule has 3 atom stereocenters. The van der Waals surface area contributed by atoms with Gasteiger partial charge in [0.25, 0.3) is 7.82 Å². The Balaban J connectivity index is 4.12. The second-order valence-electron chi connectivity index (χ2n) is 23.1. The number of hydrogen-bond donors (Lipinski definition) is 2. The zero-order valence-corrected chi connectivity index (χ0v) is 51.6. The number of quaternary nitrogens is 1. The second-order valence-corrected chi connectivity index (χ2v) is 24.5. The molecule has 444 valence electrons. The second kappa shape index (κ2) is 57.6. The summed E-state index contributed by atoms with van der Waals surface area (Å²) in [6.45, 7) is 4.61. The summed E-state index contributed by atoms with van der Waals surface area (Å²) in [5.41, 5.74) is 0. The lowest BCUT2D eigenvalue weighted by molar-refractivity contribution is -0.870. The Morgan fingerprint density at radius 3 is 1.17 bits per heavy atom. The van der Waals surface area contributed by atoms with Crippen molar-refractivity contribution in [2.24, 2.45) is 0 Å². The monoisotopic (exact) mass is 1080 g/mol. The number of likely N-dealkylation sites (N-methyl/N-ethyl adjacent to an activating group) is 1. The van der Waals surface area contributed by atoms with Crippen LogP contribution in [-0.2, 0) is 18.4 Å². The summed E-state index contributed by atoms with van der Waals surface area (Å²) >= 11 is 0. The fourth-order valence-corrected chi connectivity index (χ4v) is 10.2. The van der Waals surface area contributed by atoms with E-state index in [-0.39, 0.29) is 19.1 Å². The minimum Gasteiger partial charge on any atom is -0.756 e. The van der Waals surface area contributed by atoms with Gasteiger partial charge in [-0.05, 0) is 64.2 Å². The van der Waals surface area contributed by atoms with Gasteiger partial charge >= 0.3 is 0 Å². The van der Waals surface area contributed by atoms with E-state index in [1.807, 2.05) is 21.1 Å². The maximum Gasteiger partial charge on any atom is 0.268 e. The number of aliphatic hydroxyl groups excluding tert-OH is 1. The number of carbonyl (C=O) groups is 1. The average Bonchev–Trinajstić information content (AvgIpc) is 3.38. The molecule has 0 rings (SSSR count). The molecule has 0 bridgehead atoms. The third kappa shape index (κ3) is 59.6. The summed E-state index contributed by atoms with van der Waals surface area (Å²) in [6, 6.07) is -0.821. The maximum absolute atomic E-state index is 13.0. The lowest BCUT2D eigenvalue weighted by Crippen LogP contribution is -2.46. The van der Waals surface area contributed by atoms with E-state index in [9.17, 15) is 19.4 Å². The molecule has 0 aliphatic heterocycles. The normalized spacial score (nSPS) is 14.2. The van der Waals surface area contributed by atoms with Crippen molar-refractivity contribution in [2.75, 3.05) is 40.9 Å². The highest BCUT2D eigenvalue weighted by Crippen LogP contribution is 2.38. The highest BCUT2D eigenvalue weighted by molar-refractivity contribution is 7.45. The average molecular weight is 1090 g/mol. The third-order valence-electron chi connectivity index (χ3n) is 14.5. The molecule has 3 unspecified atom stereocenters. The van der Waals surface area contributed by atoms with Crippen molar-refractivity contribution in [3.63, 3.8) is 0 Å². The highest BCUT2D eigenvalue weighted by Gasteiger charge is 2.24. The Hall–Kier alpha value is -2.06. The first-order chi connectivity index (χ1) is 37.0. The number of nitrogens with zero attached hydrogens (tertiary/aromatic N) is 1. The maximum atomic E-state index is 13.0. The molecule has 9 heteroatoms. The minimum absolute atomic E-state index is 0.00361. The number of amides is 1. The number of unbranched alkanes of at least 4 members (excludes halogenated alkanes) is 34. The Morgan fingerprint density at radius 2 is 0.803 bits per heavy atom. The number of hydrogen-bond acceptors (Lipinski definition) is 6. The summed E-state index contributed by atoms with van der Waals surface area (Å²) in [5.74, 6) is -0.188. The summed E-state index contributed by atoms with van der Waals surface area (Å²) in [5, 5.41) is 14.1. The SMILES string of the molecule is CC/C=C\C/C=C\C/C=C\C/C=C\C/C=C\C/C=C\CCCCCCC(=O)NC(COP(=O)([O-])OCC[N+](C)(C)C)C(O)CCCCCCCCCCCCCCCCCCCCCCCCCCCCCCCCC. The van der Waals surface area contributed by atoms with Crippen LogP contribution in [0.15, 0.2) is 72.9 Å². The number of phosphoric ester groups is 1. The van der Waals surface area contributed by atoms with Gasteiger partial charge in [0.2, 0.25) is 5.91 Å². The van der Waals surface area contributed by atoms with Crippen LogP contribution in [0, 0.1) is 0 Å². The topological polar surface area (TPSA) is 108 Å². The molecule has 8 nitrogen and oxygen atoms in total. The van der Waals surface area contributed by atoms with Gasteiger partial charge in [0.1, 0.15) is 13.2 Å². The lowest BCUT2D eigenvalue weighted by atomic mass is 10.0. The van der Waals surface area contributed by atoms with Crippen LogP contribution >= 0.6 is 7.82 Å². The third-order valence-corrected chi connectivity index (χ3v) is 15.4. The smallest absolute Gasteiger partial charge is 0.268 e. The van der Waals surface area contributed by atoms with Crippen LogP contribution in [0.5, 0.6) is 0 Å². The van der Waals surface area contributed by atoms with Crippen LogP contribution in [-0.4, -0.2) is 68.5 Å². The fourth-order valence-electron chi connectivity index (χ4n) is 9.46. The summed E-state index contributed by atoms with van der Waals surface area (Å²) in [4.78, 5) is 25.6. The van der Waals surface area contributed by atoms with E-state index in [0.717, 1.165) is 89.9 Å².